The van der Waals surface area contributed by atoms with Gasteiger partial charge in [0.25, 0.3) is 0 Å². The van der Waals surface area contributed by atoms with Crippen LogP contribution in [-0.4, -0.2) is 18.4 Å². The molecule has 2 amide bonds. The first kappa shape index (κ1) is 18.5. The predicted octanol–water partition coefficient (Wildman–Crippen LogP) is 4.64. The van der Waals surface area contributed by atoms with Gasteiger partial charge in [0.2, 0.25) is 0 Å². The predicted molar refractivity (Wildman–Crippen MR) is 91.4 cm³/mol. The molecule has 0 saturated carbocycles. The molecule has 0 aliphatic carbocycles. The number of para-hydroxylation sites is 1. The molecule has 1 unspecified atom stereocenters. The molecule has 0 bridgehead atoms. The highest BCUT2D eigenvalue weighted by molar-refractivity contribution is 6.33. The minimum absolute atomic E-state index is 0.0344. The topological polar surface area (TPSA) is 58.2 Å². The van der Waals surface area contributed by atoms with E-state index in [1.54, 1.807) is 31.2 Å². The van der Waals surface area contributed by atoms with Gasteiger partial charge in [-0.1, -0.05) is 49.9 Å². The largest absolute Gasteiger partial charge is 0.338 e. The number of carbonyl (C=O) groups excluding carboxylic acids is 2. The van der Waals surface area contributed by atoms with Gasteiger partial charge in [-0.05, 0) is 31.9 Å². The summed E-state index contributed by atoms with van der Waals surface area (Å²) in [5.74, 6) is 0.233. The average Bonchev–Trinajstić information content (AvgIpc) is 2.48. The molecule has 1 aromatic carbocycles. The highest BCUT2D eigenvalue weighted by atomic mass is 35.5. The number of Topliss-reactive ketones (excluding diaryl/α,β-unsaturated/α-hetero) is 1. The van der Waals surface area contributed by atoms with Crippen LogP contribution in [0.5, 0.6) is 0 Å². The quantitative estimate of drug-likeness (QED) is 0.650. The van der Waals surface area contributed by atoms with Gasteiger partial charge in [0.15, 0.2) is 0 Å². The number of ketones is 1. The molecule has 0 aliphatic rings. The first-order valence-corrected chi connectivity index (χ1v) is 8.22. The second-order valence-electron chi connectivity index (χ2n) is 5.45. The van der Waals surface area contributed by atoms with Crippen LogP contribution in [0.25, 0.3) is 0 Å². The number of amides is 2. The molecule has 4 nitrogen and oxygen atoms in total. The molecule has 0 heterocycles. The fraction of sp³-hybridized carbons (Fsp3) is 0.529. The lowest BCUT2D eigenvalue weighted by molar-refractivity contribution is -0.121. The molecule has 22 heavy (non-hydrogen) atoms. The first-order chi connectivity index (χ1) is 10.5. The molecule has 0 radical (unpaired) electrons. The zero-order valence-corrected chi connectivity index (χ0v) is 14.1. The Morgan fingerprint density at radius 1 is 1.18 bits per heavy atom. The number of rotatable bonds is 9. The van der Waals surface area contributed by atoms with E-state index in [1.165, 1.54) is 0 Å². The molecule has 2 N–H and O–H groups in total. The maximum Gasteiger partial charge on any atom is 0.319 e. The number of hydrogen-bond donors (Lipinski definition) is 2. The van der Waals surface area contributed by atoms with Crippen molar-refractivity contribution < 1.29 is 9.59 Å². The van der Waals surface area contributed by atoms with Gasteiger partial charge in [0.05, 0.1) is 10.7 Å². The van der Waals surface area contributed by atoms with Crippen molar-refractivity contribution in [3.63, 3.8) is 0 Å². The van der Waals surface area contributed by atoms with E-state index in [2.05, 4.69) is 17.6 Å². The number of unbranched alkanes of at least 4 members (excludes halogenated alkanes) is 2. The van der Waals surface area contributed by atoms with Crippen LogP contribution >= 0.6 is 11.6 Å². The minimum Gasteiger partial charge on any atom is -0.338 e. The van der Waals surface area contributed by atoms with Gasteiger partial charge in [0, 0.05) is 12.5 Å². The second kappa shape index (κ2) is 10.2. The molecular formula is C17H25ClN2O2. The summed E-state index contributed by atoms with van der Waals surface area (Å²) in [6, 6.07) is 6.77. The van der Waals surface area contributed by atoms with E-state index in [9.17, 15) is 9.59 Å². The number of benzene rings is 1. The standard InChI is InChI=1S/C17H25ClN2O2/c1-3-4-5-8-14(13(2)21)11-12-19-17(22)20-16-10-7-6-9-15(16)18/h6-7,9-10,14H,3-5,8,11-12H2,1-2H3,(H2,19,20,22). The van der Waals surface area contributed by atoms with E-state index in [0.29, 0.717) is 23.7 Å². The van der Waals surface area contributed by atoms with Crippen LogP contribution < -0.4 is 10.6 Å². The molecule has 122 valence electrons. The Morgan fingerprint density at radius 3 is 2.55 bits per heavy atom. The Balaban J connectivity index is 2.33. The smallest absolute Gasteiger partial charge is 0.319 e. The van der Waals surface area contributed by atoms with Crippen molar-refractivity contribution in [3.8, 4) is 0 Å². The normalized spacial score (nSPS) is 11.8. The Hall–Kier alpha value is -1.55. The summed E-state index contributed by atoms with van der Waals surface area (Å²) >= 11 is 5.98. The van der Waals surface area contributed by atoms with Crippen LogP contribution in [-0.2, 0) is 4.79 Å². The fourth-order valence-corrected chi connectivity index (χ4v) is 2.46. The van der Waals surface area contributed by atoms with Crippen molar-refractivity contribution in [2.45, 2.75) is 46.0 Å². The van der Waals surface area contributed by atoms with Crippen LogP contribution in [0.4, 0.5) is 10.5 Å². The van der Waals surface area contributed by atoms with Crippen LogP contribution in [0.2, 0.25) is 5.02 Å². The molecule has 0 aliphatic heterocycles. The van der Waals surface area contributed by atoms with Gasteiger partial charge in [-0.3, -0.25) is 4.79 Å². The fourth-order valence-electron chi connectivity index (χ4n) is 2.28. The monoisotopic (exact) mass is 324 g/mol. The molecule has 1 atom stereocenters. The van der Waals surface area contributed by atoms with Crippen molar-refractivity contribution in [1.82, 2.24) is 5.32 Å². The molecule has 0 aromatic heterocycles. The maximum atomic E-state index is 11.8. The summed E-state index contributed by atoms with van der Waals surface area (Å²) < 4.78 is 0. The van der Waals surface area contributed by atoms with Crippen LogP contribution in [0.1, 0.15) is 46.0 Å². The van der Waals surface area contributed by atoms with E-state index < -0.39 is 0 Å². The number of nitrogens with one attached hydrogen (secondary N) is 2. The van der Waals surface area contributed by atoms with Crippen molar-refractivity contribution >= 4 is 29.1 Å². The third kappa shape index (κ3) is 6.94. The molecule has 0 saturated heterocycles. The summed E-state index contributed by atoms with van der Waals surface area (Å²) in [7, 11) is 0. The van der Waals surface area contributed by atoms with Crippen molar-refractivity contribution in [2.24, 2.45) is 5.92 Å². The van der Waals surface area contributed by atoms with Gasteiger partial charge in [-0.25, -0.2) is 4.79 Å². The third-order valence-electron chi connectivity index (χ3n) is 3.63. The van der Waals surface area contributed by atoms with E-state index in [1.807, 2.05) is 0 Å². The number of hydrogen-bond acceptors (Lipinski definition) is 2. The van der Waals surface area contributed by atoms with Crippen LogP contribution in [0, 0.1) is 5.92 Å². The van der Waals surface area contributed by atoms with E-state index in [4.69, 9.17) is 11.6 Å². The SMILES string of the molecule is CCCCCC(CCNC(=O)Nc1ccccc1Cl)C(C)=O. The number of carbonyl (C=O) groups is 2. The maximum absolute atomic E-state index is 11.8. The highest BCUT2D eigenvalue weighted by Gasteiger charge is 2.14. The third-order valence-corrected chi connectivity index (χ3v) is 3.96. The van der Waals surface area contributed by atoms with Gasteiger partial charge < -0.3 is 10.6 Å². The molecule has 1 aromatic rings. The summed E-state index contributed by atoms with van der Waals surface area (Å²) in [6.45, 7) is 4.25. The van der Waals surface area contributed by atoms with Crippen LogP contribution in [0.3, 0.4) is 0 Å². The Kier molecular flexibility index (Phi) is 8.60. The first-order valence-electron chi connectivity index (χ1n) is 7.84. The summed E-state index contributed by atoms with van der Waals surface area (Å²) in [4.78, 5) is 23.4. The second-order valence-corrected chi connectivity index (χ2v) is 5.86. The van der Waals surface area contributed by atoms with Crippen molar-refractivity contribution in [3.05, 3.63) is 29.3 Å². The van der Waals surface area contributed by atoms with Crippen molar-refractivity contribution in [1.29, 1.82) is 0 Å². The molecular weight excluding hydrogens is 300 g/mol. The van der Waals surface area contributed by atoms with Gasteiger partial charge in [-0.2, -0.15) is 0 Å². The number of anilines is 1. The van der Waals surface area contributed by atoms with E-state index >= 15 is 0 Å². The molecule has 5 heteroatoms. The Labute approximate surface area is 137 Å². The Morgan fingerprint density at radius 2 is 1.91 bits per heavy atom. The lowest BCUT2D eigenvalue weighted by Gasteiger charge is -2.14. The molecule has 0 fully saturated rings. The minimum atomic E-state index is -0.302. The molecule has 0 spiro atoms. The average molecular weight is 325 g/mol. The summed E-state index contributed by atoms with van der Waals surface area (Å²) in [5, 5.41) is 5.97. The summed E-state index contributed by atoms with van der Waals surface area (Å²) in [6.07, 6.45) is 4.92. The van der Waals surface area contributed by atoms with Gasteiger partial charge in [0.1, 0.15) is 5.78 Å². The zero-order valence-electron chi connectivity index (χ0n) is 13.3. The van der Waals surface area contributed by atoms with Crippen LogP contribution in [0.15, 0.2) is 24.3 Å². The molecule has 1 rings (SSSR count). The van der Waals surface area contributed by atoms with Gasteiger partial charge >= 0.3 is 6.03 Å². The summed E-state index contributed by atoms with van der Waals surface area (Å²) in [5.41, 5.74) is 0.577. The number of urea groups is 1. The lowest BCUT2D eigenvalue weighted by Crippen LogP contribution is -2.31. The lowest BCUT2D eigenvalue weighted by atomic mass is 9.94. The van der Waals surface area contributed by atoms with E-state index in [-0.39, 0.29) is 17.7 Å². The van der Waals surface area contributed by atoms with Crippen molar-refractivity contribution in [2.75, 3.05) is 11.9 Å². The Bertz CT molecular complexity index is 491. The van der Waals surface area contributed by atoms with E-state index in [0.717, 1.165) is 25.7 Å². The zero-order chi connectivity index (χ0) is 16.4. The van der Waals surface area contributed by atoms with Gasteiger partial charge in [-0.15, -0.1) is 0 Å². The highest BCUT2D eigenvalue weighted by Crippen LogP contribution is 2.20. The number of halogens is 1.